The Kier molecular flexibility index (Phi) is 2.52. The molecule has 1 heterocycles. The number of aromatic nitrogens is 2. The molecule has 2 atom stereocenters. The first kappa shape index (κ1) is 9.24. The highest BCUT2D eigenvalue weighted by molar-refractivity contribution is 5.47. The molecule has 1 aliphatic rings. The van der Waals surface area contributed by atoms with Crippen molar-refractivity contribution in [2.45, 2.75) is 25.8 Å². The highest BCUT2D eigenvalue weighted by atomic mass is 15.1. The smallest absolute Gasteiger partial charge is 0.131 e. The highest BCUT2D eigenvalue weighted by Gasteiger charge is 2.35. The van der Waals surface area contributed by atoms with Gasteiger partial charge in [0.15, 0.2) is 0 Å². The number of hydrogen-bond donors (Lipinski definition) is 2. The van der Waals surface area contributed by atoms with Gasteiger partial charge in [-0.25, -0.2) is 9.97 Å². The summed E-state index contributed by atoms with van der Waals surface area (Å²) in [5, 5.41) is 6.40. The minimum absolute atomic E-state index is 0.625. The molecule has 2 rings (SSSR count). The molecule has 1 aromatic rings. The number of anilines is 2. The topological polar surface area (TPSA) is 49.8 Å². The van der Waals surface area contributed by atoms with Crippen molar-refractivity contribution in [1.82, 2.24) is 9.97 Å². The average Bonchev–Trinajstić information content (AvgIpc) is 2.97. The zero-order valence-corrected chi connectivity index (χ0v) is 8.62. The van der Waals surface area contributed by atoms with Crippen LogP contribution in [-0.2, 0) is 0 Å². The summed E-state index contributed by atoms with van der Waals surface area (Å²) in [4.78, 5) is 8.24. The van der Waals surface area contributed by atoms with Gasteiger partial charge in [-0.3, -0.25) is 0 Å². The maximum absolute atomic E-state index is 4.17. The van der Waals surface area contributed by atoms with Gasteiger partial charge < -0.3 is 10.6 Å². The predicted octanol–water partition coefficient (Wildman–Crippen LogP) is 1.73. The number of hydrogen-bond acceptors (Lipinski definition) is 4. The summed E-state index contributed by atoms with van der Waals surface area (Å²) >= 11 is 0. The van der Waals surface area contributed by atoms with Crippen LogP contribution in [-0.4, -0.2) is 23.1 Å². The quantitative estimate of drug-likeness (QED) is 0.762. The third-order valence-electron chi connectivity index (χ3n) is 2.70. The maximum Gasteiger partial charge on any atom is 0.131 e. The zero-order valence-electron chi connectivity index (χ0n) is 8.62. The lowest BCUT2D eigenvalue weighted by molar-refractivity contribution is 0.773. The van der Waals surface area contributed by atoms with Gasteiger partial charge in [-0.2, -0.15) is 0 Å². The first-order valence-electron chi connectivity index (χ1n) is 5.09. The van der Waals surface area contributed by atoms with Gasteiger partial charge in [0, 0.05) is 19.2 Å². The van der Waals surface area contributed by atoms with E-state index in [4.69, 9.17) is 0 Å². The van der Waals surface area contributed by atoms with Crippen LogP contribution in [0, 0.1) is 5.92 Å². The van der Waals surface area contributed by atoms with Crippen molar-refractivity contribution in [2.24, 2.45) is 5.92 Å². The molecule has 0 saturated heterocycles. The van der Waals surface area contributed by atoms with Gasteiger partial charge in [0.1, 0.15) is 18.0 Å². The van der Waals surface area contributed by atoms with Crippen molar-refractivity contribution < 1.29 is 0 Å². The second-order valence-electron chi connectivity index (χ2n) is 3.69. The van der Waals surface area contributed by atoms with E-state index in [1.807, 2.05) is 13.1 Å². The van der Waals surface area contributed by atoms with Crippen molar-refractivity contribution in [3.8, 4) is 0 Å². The van der Waals surface area contributed by atoms with Crippen molar-refractivity contribution >= 4 is 11.6 Å². The molecule has 0 spiro atoms. The van der Waals surface area contributed by atoms with Gasteiger partial charge in [0.2, 0.25) is 0 Å². The van der Waals surface area contributed by atoms with E-state index in [1.165, 1.54) is 12.8 Å². The minimum Gasteiger partial charge on any atom is -0.373 e. The van der Waals surface area contributed by atoms with E-state index in [1.54, 1.807) is 6.33 Å². The van der Waals surface area contributed by atoms with Crippen molar-refractivity contribution in [1.29, 1.82) is 0 Å². The third-order valence-corrected chi connectivity index (χ3v) is 2.70. The molecule has 1 aromatic heterocycles. The van der Waals surface area contributed by atoms with Crippen molar-refractivity contribution in [2.75, 3.05) is 17.7 Å². The van der Waals surface area contributed by atoms with Gasteiger partial charge in [-0.15, -0.1) is 0 Å². The highest BCUT2D eigenvalue weighted by Crippen LogP contribution is 2.35. The molecular weight excluding hydrogens is 176 g/mol. The molecule has 4 heteroatoms. The number of rotatable bonds is 4. The van der Waals surface area contributed by atoms with Crippen LogP contribution in [0.5, 0.6) is 0 Å². The minimum atomic E-state index is 0.625. The van der Waals surface area contributed by atoms with E-state index in [-0.39, 0.29) is 0 Å². The fourth-order valence-electron chi connectivity index (χ4n) is 1.64. The van der Waals surface area contributed by atoms with Crippen LogP contribution in [0.2, 0.25) is 0 Å². The zero-order chi connectivity index (χ0) is 9.97. The summed E-state index contributed by atoms with van der Waals surface area (Å²) in [7, 11) is 1.86. The van der Waals surface area contributed by atoms with E-state index in [0.29, 0.717) is 6.04 Å². The van der Waals surface area contributed by atoms with Crippen LogP contribution in [0.3, 0.4) is 0 Å². The van der Waals surface area contributed by atoms with E-state index in [9.17, 15) is 0 Å². The Morgan fingerprint density at radius 1 is 1.43 bits per heavy atom. The lowest BCUT2D eigenvalue weighted by atomic mass is 10.3. The summed E-state index contributed by atoms with van der Waals surface area (Å²) in [5.41, 5.74) is 0. The van der Waals surface area contributed by atoms with Crippen molar-refractivity contribution in [3.63, 3.8) is 0 Å². The largest absolute Gasteiger partial charge is 0.373 e. The second-order valence-corrected chi connectivity index (χ2v) is 3.69. The van der Waals surface area contributed by atoms with E-state index in [0.717, 1.165) is 17.6 Å². The first-order chi connectivity index (χ1) is 6.83. The predicted molar refractivity (Wildman–Crippen MR) is 57.4 cm³/mol. The monoisotopic (exact) mass is 192 g/mol. The maximum atomic E-state index is 4.17. The molecule has 1 saturated carbocycles. The molecule has 0 radical (unpaired) electrons. The summed E-state index contributed by atoms with van der Waals surface area (Å²) in [5.74, 6) is 2.62. The summed E-state index contributed by atoms with van der Waals surface area (Å²) in [6.07, 6.45) is 4.11. The molecule has 14 heavy (non-hydrogen) atoms. The molecule has 2 N–H and O–H groups in total. The fraction of sp³-hybridized carbons (Fsp3) is 0.600. The fourth-order valence-corrected chi connectivity index (χ4v) is 1.64. The van der Waals surface area contributed by atoms with Crippen LogP contribution in [0.25, 0.3) is 0 Å². The van der Waals surface area contributed by atoms with E-state index in [2.05, 4.69) is 27.5 Å². The Bertz CT molecular complexity index is 313. The van der Waals surface area contributed by atoms with E-state index < -0.39 is 0 Å². The van der Waals surface area contributed by atoms with Crippen LogP contribution >= 0.6 is 0 Å². The van der Waals surface area contributed by atoms with Crippen LogP contribution < -0.4 is 10.6 Å². The van der Waals surface area contributed by atoms with Gasteiger partial charge >= 0.3 is 0 Å². The van der Waals surface area contributed by atoms with Gasteiger partial charge in [-0.05, 0) is 12.3 Å². The third kappa shape index (κ3) is 1.95. The first-order valence-corrected chi connectivity index (χ1v) is 5.09. The molecule has 76 valence electrons. The second kappa shape index (κ2) is 3.82. The molecular formula is C10H16N4. The summed E-state index contributed by atoms with van der Waals surface area (Å²) < 4.78 is 0. The lowest BCUT2D eigenvalue weighted by Gasteiger charge is -2.05. The van der Waals surface area contributed by atoms with Crippen LogP contribution in [0.4, 0.5) is 11.6 Å². The number of nitrogens with one attached hydrogen (secondary N) is 2. The molecule has 2 unspecified atom stereocenters. The Morgan fingerprint density at radius 2 is 2.21 bits per heavy atom. The summed E-state index contributed by atoms with van der Waals surface area (Å²) in [6.45, 7) is 2.23. The molecule has 4 nitrogen and oxygen atoms in total. The Hall–Kier alpha value is -1.32. The lowest BCUT2D eigenvalue weighted by Crippen LogP contribution is -2.06. The van der Waals surface area contributed by atoms with Crippen LogP contribution in [0.1, 0.15) is 19.8 Å². The Balaban J connectivity index is 1.96. The standard InChI is InChI=1S/C10H16N4/c1-3-7-4-8(7)14-10-5-9(11-2)12-6-13-10/h5-8H,3-4H2,1-2H3,(H2,11,12,13,14). The van der Waals surface area contributed by atoms with Gasteiger partial charge in [-0.1, -0.05) is 13.3 Å². The normalized spacial score (nSPS) is 24.4. The number of nitrogens with zero attached hydrogens (tertiary/aromatic N) is 2. The molecule has 0 amide bonds. The van der Waals surface area contributed by atoms with Crippen LogP contribution in [0.15, 0.2) is 12.4 Å². The Labute approximate surface area is 84.2 Å². The van der Waals surface area contributed by atoms with Crippen molar-refractivity contribution in [3.05, 3.63) is 12.4 Å². The SMILES string of the molecule is CCC1CC1Nc1cc(NC)ncn1. The van der Waals surface area contributed by atoms with Gasteiger partial charge in [0.05, 0.1) is 0 Å². The molecule has 0 aliphatic heterocycles. The molecule has 1 fully saturated rings. The molecule has 0 bridgehead atoms. The van der Waals surface area contributed by atoms with Gasteiger partial charge in [0.25, 0.3) is 0 Å². The Morgan fingerprint density at radius 3 is 2.86 bits per heavy atom. The van der Waals surface area contributed by atoms with E-state index >= 15 is 0 Å². The average molecular weight is 192 g/mol. The molecule has 1 aliphatic carbocycles. The summed E-state index contributed by atoms with van der Waals surface area (Å²) in [6, 6.07) is 2.56. The molecule has 0 aromatic carbocycles.